The summed E-state index contributed by atoms with van der Waals surface area (Å²) >= 11 is 0. The minimum atomic E-state index is -5.23. The van der Waals surface area contributed by atoms with Crippen LogP contribution in [0.4, 0.5) is 10.5 Å². The number of amides is 1. The van der Waals surface area contributed by atoms with E-state index in [1.807, 2.05) is 13.8 Å². The summed E-state index contributed by atoms with van der Waals surface area (Å²) in [6.45, 7) is 3.99. The number of nitrogen functional groups attached to an aromatic ring is 1. The SMILES string of the molecule is CC(C)CN([C@@H](C1CCOC1)[C@H](OP(=O)(O)O)[C@H](Cc1ccccc1)NC(=O)O)S(=O)(=O)c1ccc(N)cc1. The first-order chi connectivity index (χ1) is 18.3. The van der Waals surface area contributed by atoms with Crippen LogP contribution in [0.25, 0.3) is 0 Å². The van der Waals surface area contributed by atoms with Gasteiger partial charge in [-0.2, -0.15) is 4.31 Å². The Morgan fingerprint density at radius 3 is 2.33 bits per heavy atom. The standard InChI is InChI=1S/C25H36N3O9PS/c1-17(2)15-28(39(34,35)21-10-8-20(26)9-11-21)23(19-12-13-36-16-19)24(37-38(31,32)33)22(27-25(29)30)14-18-6-4-3-5-7-18/h3-11,17,19,22-24,27H,12-16,26H2,1-2H3,(H,29,30)(H2,31,32,33)/t19?,22-,23-,24+/m0/s1. The normalized spacial score (nSPS) is 18.7. The molecule has 1 aliphatic rings. The third-order valence-corrected chi connectivity index (χ3v) is 8.81. The van der Waals surface area contributed by atoms with Crippen LogP contribution in [0, 0.1) is 11.8 Å². The van der Waals surface area contributed by atoms with Crippen molar-refractivity contribution in [2.75, 3.05) is 25.5 Å². The van der Waals surface area contributed by atoms with Crippen molar-refractivity contribution in [2.24, 2.45) is 11.8 Å². The van der Waals surface area contributed by atoms with Crippen LogP contribution in [0.5, 0.6) is 0 Å². The minimum Gasteiger partial charge on any atom is -0.465 e. The van der Waals surface area contributed by atoms with Crippen molar-refractivity contribution in [3.63, 3.8) is 0 Å². The van der Waals surface area contributed by atoms with E-state index in [-0.39, 0.29) is 30.4 Å². The Morgan fingerprint density at radius 1 is 1.18 bits per heavy atom. The molecule has 14 heteroatoms. The molecule has 4 atom stereocenters. The van der Waals surface area contributed by atoms with E-state index in [0.29, 0.717) is 24.3 Å². The van der Waals surface area contributed by atoms with E-state index in [2.05, 4.69) is 5.32 Å². The maximum atomic E-state index is 14.1. The average molecular weight is 586 g/mol. The molecule has 216 valence electrons. The van der Waals surface area contributed by atoms with Crippen LogP contribution in [0.3, 0.4) is 0 Å². The molecule has 2 aromatic rings. The van der Waals surface area contributed by atoms with Crippen LogP contribution >= 0.6 is 7.82 Å². The third-order valence-electron chi connectivity index (χ3n) is 6.41. The average Bonchev–Trinajstić information content (AvgIpc) is 3.37. The van der Waals surface area contributed by atoms with Gasteiger partial charge in [0.25, 0.3) is 0 Å². The van der Waals surface area contributed by atoms with Gasteiger partial charge in [-0.25, -0.2) is 17.8 Å². The number of hydrogen-bond acceptors (Lipinski definition) is 7. The zero-order chi connectivity index (χ0) is 28.8. The van der Waals surface area contributed by atoms with Crippen molar-refractivity contribution in [1.82, 2.24) is 9.62 Å². The molecular weight excluding hydrogens is 549 g/mol. The number of nitrogens with zero attached hydrogens (tertiary/aromatic N) is 1. The van der Waals surface area contributed by atoms with Crippen molar-refractivity contribution in [1.29, 1.82) is 0 Å². The molecule has 12 nitrogen and oxygen atoms in total. The first kappa shape index (κ1) is 31.0. The molecule has 0 aromatic heterocycles. The summed E-state index contributed by atoms with van der Waals surface area (Å²) in [5.74, 6) is -0.744. The lowest BCUT2D eigenvalue weighted by Crippen LogP contribution is -2.60. The van der Waals surface area contributed by atoms with Gasteiger partial charge in [0.15, 0.2) is 0 Å². The molecule has 1 aliphatic heterocycles. The van der Waals surface area contributed by atoms with E-state index < -0.39 is 48.0 Å². The van der Waals surface area contributed by atoms with Crippen molar-refractivity contribution >= 4 is 29.6 Å². The summed E-state index contributed by atoms with van der Waals surface area (Å²) in [6, 6.07) is 11.9. The summed E-state index contributed by atoms with van der Waals surface area (Å²) in [5, 5.41) is 12.0. The fraction of sp³-hybridized carbons (Fsp3) is 0.480. The van der Waals surface area contributed by atoms with Crippen LogP contribution in [0.1, 0.15) is 25.8 Å². The van der Waals surface area contributed by atoms with Crippen LogP contribution in [-0.2, 0) is 30.3 Å². The van der Waals surface area contributed by atoms with E-state index in [4.69, 9.17) is 15.0 Å². The van der Waals surface area contributed by atoms with E-state index in [0.717, 1.165) is 0 Å². The molecule has 1 amide bonds. The van der Waals surface area contributed by atoms with Gasteiger partial charge in [-0.05, 0) is 48.6 Å². The highest BCUT2D eigenvalue weighted by molar-refractivity contribution is 7.89. The highest BCUT2D eigenvalue weighted by Crippen LogP contribution is 2.43. The van der Waals surface area contributed by atoms with Crippen molar-refractivity contribution < 1.29 is 41.9 Å². The van der Waals surface area contributed by atoms with Gasteiger partial charge in [0.1, 0.15) is 6.10 Å². The summed E-state index contributed by atoms with van der Waals surface area (Å²) in [7, 11) is -9.51. The van der Waals surface area contributed by atoms with Gasteiger partial charge in [-0.3, -0.25) is 4.52 Å². The molecule has 1 unspecified atom stereocenters. The Labute approximate surface area is 228 Å². The van der Waals surface area contributed by atoms with Gasteiger partial charge >= 0.3 is 13.9 Å². The summed E-state index contributed by atoms with van der Waals surface area (Å²) in [5.41, 5.74) is 6.79. The number of phosphoric ester groups is 1. The van der Waals surface area contributed by atoms with Gasteiger partial charge in [0.2, 0.25) is 10.0 Å². The second kappa shape index (κ2) is 13.2. The summed E-state index contributed by atoms with van der Waals surface area (Å²) in [6.07, 6.45) is -2.66. The minimum absolute atomic E-state index is 0.0146. The maximum absolute atomic E-state index is 14.1. The molecule has 3 rings (SSSR count). The van der Waals surface area contributed by atoms with Gasteiger partial charge in [0.05, 0.1) is 23.6 Å². The lowest BCUT2D eigenvalue weighted by Gasteiger charge is -2.42. The first-order valence-electron chi connectivity index (χ1n) is 12.5. The number of anilines is 1. The number of carbonyl (C=O) groups is 1. The van der Waals surface area contributed by atoms with Gasteiger partial charge in [-0.1, -0.05) is 44.2 Å². The zero-order valence-corrected chi connectivity index (χ0v) is 23.5. The molecule has 0 radical (unpaired) electrons. The Bertz CT molecular complexity index is 1230. The van der Waals surface area contributed by atoms with E-state index in [1.54, 1.807) is 30.3 Å². The van der Waals surface area contributed by atoms with Crippen LogP contribution < -0.4 is 11.1 Å². The third kappa shape index (κ3) is 8.74. The monoisotopic (exact) mass is 585 g/mol. The van der Waals surface area contributed by atoms with Crippen molar-refractivity contribution in [3.05, 3.63) is 60.2 Å². The predicted molar refractivity (Wildman–Crippen MR) is 144 cm³/mol. The number of phosphoric acid groups is 1. The highest BCUT2D eigenvalue weighted by Gasteiger charge is 2.48. The van der Waals surface area contributed by atoms with E-state index in [1.165, 1.54) is 28.6 Å². The summed E-state index contributed by atoms with van der Waals surface area (Å²) < 4.78 is 52.6. The van der Waals surface area contributed by atoms with Crippen LogP contribution in [0.2, 0.25) is 0 Å². The van der Waals surface area contributed by atoms with Gasteiger partial charge < -0.3 is 30.7 Å². The van der Waals surface area contributed by atoms with E-state index in [9.17, 15) is 32.7 Å². The Morgan fingerprint density at radius 2 is 1.82 bits per heavy atom. The topological polar surface area (TPSA) is 189 Å². The number of hydrogen-bond donors (Lipinski definition) is 5. The number of ether oxygens (including phenoxy) is 1. The molecule has 39 heavy (non-hydrogen) atoms. The molecule has 0 aliphatic carbocycles. The molecule has 0 spiro atoms. The second-order valence-electron chi connectivity index (χ2n) is 9.96. The molecule has 0 bridgehead atoms. The zero-order valence-electron chi connectivity index (χ0n) is 21.8. The largest absolute Gasteiger partial charge is 0.469 e. The number of rotatable bonds is 13. The molecular formula is C25H36N3O9PS. The molecule has 6 N–H and O–H groups in total. The lowest BCUT2D eigenvalue weighted by atomic mass is 9.87. The number of nitrogens with two attached hydrogens (primary N) is 1. The Hall–Kier alpha value is -2.51. The predicted octanol–water partition coefficient (Wildman–Crippen LogP) is 2.68. The first-order valence-corrected chi connectivity index (χ1v) is 15.5. The molecule has 0 saturated carbocycles. The Balaban J connectivity index is 2.21. The lowest BCUT2D eigenvalue weighted by molar-refractivity contribution is 0.0186. The second-order valence-corrected chi connectivity index (χ2v) is 13.0. The number of benzene rings is 2. The van der Waals surface area contributed by atoms with E-state index >= 15 is 0 Å². The van der Waals surface area contributed by atoms with Gasteiger partial charge in [-0.15, -0.1) is 0 Å². The fourth-order valence-electron chi connectivity index (χ4n) is 4.81. The maximum Gasteiger partial charge on any atom is 0.469 e. The van der Waals surface area contributed by atoms with Crippen LogP contribution in [0.15, 0.2) is 59.5 Å². The van der Waals surface area contributed by atoms with Gasteiger partial charge in [0, 0.05) is 24.8 Å². The number of sulfonamides is 1. The van der Waals surface area contributed by atoms with Crippen LogP contribution in [-0.4, -0.2) is 71.7 Å². The van der Waals surface area contributed by atoms with Crippen molar-refractivity contribution in [2.45, 2.75) is 49.8 Å². The quantitative estimate of drug-likeness (QED) is 0.173. The fourth-order valence-corrected chi connectivity index (χ4v) is 7.26. The highest BCUT2D eigenvalue weighted by atomic mass is 32.2. The molecule has 1 saturated heterocycles. The molecule has 1 fully saturated rings. The van der Waals surface area contributed by atoms with Crippen molar-refractivity contribution in [3.8, 4) is 0 Å². The molecule has 2 aromatic carbocycles. The smallest absolute Gasteiger partial charge is 0.465 e. The summed E-state index contributed by atoms with van der Waals surface area (Å²) in [4.78, 5) is 31.7. The number of carboxylic acid groups (broad SMARTS) is 1. The molecule has 1 heterocycles. The Kier molecular flexibility index (Phi) is 10.5. The number of nitrogens with one attached hydrogen (secondary N) is 1.